The van der Waals surface area contributed by atoms with Gasteiger partial charge in [-0.2, -0.15) is 0 Å². The minimum atomic E-state index is -0.412. The van der Waals surface area contributed by atoms with E-state index in [2.05, 4.69) is 5.32 Å². The zero-order valence-corrected chi connectivity index (χ0v) is 9.83. The molecule has 1 aromatic carbocycles. The van der Waals surface area contributed by atoms with Crippen molar-refractivity contribution in [2.24, 2.45) is 5.73 Å². The minimum absolute atomic E-state index is 0.221. The van der Waals surface area contributed by atoms with Gasteiger partial charge < -0.3 is 16.2 Å². The van der Waals surface area contributed by atoms with E-state index in [1.807, 2.05) is 6.07 Å². The molecule has 0 aliphatic heterocycles. The van der Waals surface area contributed by atoms with Crippen LogP contribution in [0.5, 0.6) is 5.75 Å². The maximum absolute atomic E-state index is 10.9. The normalized spacial score (nSPS) is 10.1. The number of nitrogens with two attached hydrogens (primary N) is 1. The van der Waals surface area contributed by atoms with Crippen molar-refractivity contribution in [2.45, 2.75) is 6.54 Å². The third-order valence-electron chi connectivity index (χ3n) is 2.25. The molecule has 2 aromatic rings. The van der Waals surface area contributed by atoms with E-state index in [1.165, 1.54) is 11.3 Å². The summed E-state index contributed by atoms with van der Waals surface area (Å²) in [7, 11) is 0. The molecule has 0 aliphatic rings. The highest BCUT2D eigenvalue weighted by Gasteiger charge is 2.04. The summed E-state index contributed by atoms with van der Waals surface area (Å²) in [6, 6.07) is 8.65. The van der Waals surface area contributed by atoms with Crippen molar-refractivity contribution in [3.05, 3.63) is 46.2 Å². The molecule has 0 saturated heterocycles. The number of rotatable bonds is 4. The van der Waals surface area contributed by atoms with Crippen molar-refractivity contribution in [1.29, 1.82) is 0 Å². The Labute approximate surface area is 103 Å². The number of benzene rings is 1. The highest BCUT2D eigenvalue weighted by Crippen LogP contribution is 2.19. The molecule has 0 bridgehead atoms. The number of phenolic OH excluding ortho intramolecular Hbond substituents is 1. The summed E-state index contributed by atoms with van der Waals surface area (Å²) in [6.45, 7) is 0.599. The first kappa shape index (κ1) is 11.5. The number of aromatic hydroxyl groups is 1. The van der Waals surface area contributed by atoms with Crippen LogP contribution in [0, 0.1) is 0 Å². The van der Waals surface area contributed by atoms with Crippen LogP contribution < -0.4 is 11.1 Å². The number of hydrogen-bond acceptors (Lipinski definition) is 4. The molecule has 2 rings (SSSR count). The van der Waals surface area contributed by atoms with Gasteiger partial charge >= 0.3 is 0 Å². The highest BCUT2D eigenvalue weighted by molar-refractivity contribution is 7.10. The number of thiophene rings is 1. The standard InChI is InChI=1S/C12H12N2O2S/c13-12(16)8-4-11(17-7-8)6-14-9-2-1-3-10(15)5-9/h1-5,7,14-15H,6H2,(H2,13,16). The number of amides is 1. The van der Waals surface area contributed by atoms with Crippen LogP contribution in [0.3, 0.4) is 0 Å². The number of nitrogens with one attached hydrogen (secondary N) is 1. The molecule has 0 aliphatic carbocycles. The molecule has 0 radical (unpaired) electrons. The van der Waals surface area contributed by atoms with Crippen molar-refractivity contribution in [2.75, 3.05) is 5.32 Å². The number of anilines is 1. The number of primary amides is 1. The van der Waals surface area contributed by atoms with E-state index < -0.39 is 5.91 Å². The molecule has 88 valence electrons. The molecular formula is C12H12N2O2S. The van der Waals surface area contributed by atoms with E-state index in [9.17, 15) is 9.90 Å². The average molecular weight is 248 g/mol. The lowest BCUT2D eigenvalue weighted by Gasteiger charge is -2.04. The van der Waals surface area contributed by atoms with Gasteiger partial charge in [0.05, 0.1) is 5.56 Å². The topological polar surface area (TPSA) is 75.4 Å². The molecule has 5 heteroatoms. The van der Waals surface area contributed by atoms with Crippen molar-refractivity contribution in [3.8, 4) is 5.75 Å². The van der Waals surface area contributed by atoms with Crippen LogP contribution in [-0.2, 0) is 6.54 Å². The fraction of sp³-hybridized carbons (Fsp3) is 0.0833. The molecule has 1 amide bonds. The van der Waals surface area contributed by atoms with Gasteiger partial charge in [0.2, 0.25) is 5.91 Å². The Morgan fingerprint density at radius 3 is 2.88 bits per heavy atom. The number of carbonyl (C=O) groups is 1. The summed E-state index contributed by atoms with van der Waals surface area (Å²) in [5, 5.41) is 14.2. The Hall–Kier alpha value is -2.01. The van der Waals surface area contributed by atoms with Gasteiger partial charge in [-0.25, -0.2) is 0 Å². The number of carbonyl (C=O) groups excluding carboxylic acids is 1. The maximum atomic E-state index is 10.9. The molecule has 0 unspecified atom stereocenters. The van der Waals surface area contributed by atoms with Crippen LogP contribution in [0.15, 0.2) is 35.7 Å². The van der Waals surface area contributed by atoms with E-state index >= 15 is 0 Å². The zero-order chi connectivity index (χ0) is 12.3. The van der Waals surface area contributed by atoms with E-state index in [1.54, 1.807) is 29.6 Å². The Bertz CT molecular complexity index is 537. The van der Waals surface area contributed by atoms with E-state index in [0.29, 0.717) is 12.1 Å². The Balaban J connectivity index is 2.00. The summed E-state index contributed by atoms with van der Waals surface area (Å²) in [4.78, 5) is 11.9. The maximum Gasteiger partial charge on any atom is 0.249 e. The number of phenols is 1. The molecular weight excluding hydrogens is 236 g/mol. The predicted molar refractivity (Wildman–Crippen MR) is 68.3 cm³/mol. The van der Waals surface area contributed by atoms with Gasteiger partial charge in [-0.3, -0.25) is 4.79 Å². The zero-order valence-electron chi connectivity index (χ0n) is 9.01. The lowest BCUT2D eigenvalue weighted by molar-refractivity contribution is 0.100. The van der Waals surface area contributed by atoms with Gasteiger partial charge in [0, 0.05) is 28.6 Å². The molecule has 4 N–H and O–H groups in total. The van der Waals surface area contributed by atoms with Crippen molar-refractivity contribution >= 4 is 22.9 Å². The van der Waals surface area contributed by atoms with Crippen LogP contribution in [0.4, 0.5) is 5.69 Å². The van der Waals surface area contributed by atoms with Crippen molar-refractivity contribution < 1.29 is 9.90 Å². The molecule has 0 atom stereocenters. The largest absolute Gasteiger partial charge is 0.508 e. The molecule has 0 saturated carbocycles. The lowest BCUT2D eigenvalue weighted by Crippen LogP contribution is -2.09. The first-order valence-electron chi connectivity index (χ1n) is 5.05. The van der Waals surface area contributed by atoms with Crippen LogP contribution >= 0.6 is 11.3 Å². The van der Waals surface area contributed by atoms with Gasteiger partial charge in [0.15, 0.2) is 0 Å². The number of hydrogen-bond donors (Lipinski definition) is 3. The Kier molecular flexibility index (Phi) is 3.30. The molecule has 0 spiro atoms. The first-order valence-corrected chi connectivity index (χ1v) is 5.93. The van der Waals surface area contributed by atoms with Crippen LogP contribution in [0.25, 0.3) is 0 Å². The van der Waals surface area contributed by atoms with Gasteiger partial charge in [0.25, 0.3) is 0 Å². The molecule has 1 aromatic heterocycles. The third kappa shape index (κ3) is 2.98. The molecule has 1 heterocycles. The monoisotopic (exact) mass is 248 g/mol. The predicted octanol–water partition coefficient (Wildman–Crippen LogP) is 2.16. The van der Waals surface area contributed by atoms with Crippen LogP contribution in [0.1, 0.15) is 15.2 Å². The smallest absolute Gasteiger partial charge is 0.249 e. The molecule has 17 heavy (non-hydrogen) atoms. The van der Waals surface area contributed by atoms with Gasteiger partial charge in [-0.1, -0.05) is 6.07 Å². The second-order valence-electron chi connectivity index (χ2n) is 3.57. The fourth-order valence-electron chi connectivity index (χ4n) is 1.41. The Morgan fingerprint density at radius 2 is 2.24 bits per heavy atom. The quantitative estimate of drug-likeness (QED) is 0.776. The van der Waals surface area contributed by atoms with Gasteiger partial charge in [0.1, 0.15) is 5.75 Å². The fourth-order valence-corrected chi connectivity index (χ4v) is 2.22. The third-order valence-corrected chi connectivity index (χ3v) is 3.19. The summed E-state index contributed by atoms with van der Waals surface area (Å²) < 4.78 is 0. The summed E-state index contributed by atoms with van der Waals surface area (Å²) in [6.07, 6.45) is 0. The minimum Gasteiger partial charge on any atom is -0.508 e. The average Bonchev–Trinajstić information content (AvgIpc) is 2.75. The van der Waals surface area contributed by atoms with Gasteiger partial charge in [-0.05, 0) is 18.2 Å². The second kappa shape index (κ2) is 4.88. The highest BCUT2D eigenvalue weighted by atomic mass is 32.1. The van der Waals surface area contributed by atoms with E-state index in [4.69, 9.17) is 5.73 Å². The van der Waals surface area contributed by atoms with Crippen molar-refractivity contribution in [3.63, 3.8) is 0 Å². The van der Waals surface area contributed by atoms with Crippen LogP contribution in [-0.4, -0.2) is 11.0 Å². The van der Waals surface area contributed by atoms with Gasteiger partial charge in [-0.15, -0.1) is 11.3 Å². The van der Waals surface area contributed by atoms with Crippen molar-refractivity contribution in [1.82, 2.24) is 0 Å². The summed E-state index contributed by atoms with van der Waals surface area (Å²) in [5.41, 5.74) is 6.53. The summed E-state index contributed by atoms with van der Waals surface area (Å²) >= 11 is 1.48. The Morgan fingerprint density at radius 1 is 1.41 bits per heavy atom. The van der Waals surface area contributed by atoms with E-state index in [0.717, 1.165) is 10.6 Å². The second-order valence-corrected chi connectivity index (χ2v) is 4.57. The molecule has 4 nitrogen and oxygen atoms in total. The van der Waals surface area contributed by atoms with E-state index in [-0.39, 0.29) is 5.75 Å². The summed E-state index contributed by atoms with van der Waals surface area (Å²) in [5.74, 6) is -0.191. The van der Waals surface area contributed by atoms with Crippen LogP contribution in [0.2, 0.25) is 0 Å². The lowest BCUT2D eigenvalue weighted by atomic mass is 10.3. The SMILES string of the molecule is NC(=O)c1csc(CNc2cccc(O)c2)c1. The first-order chi connectivity index (χ1) is 8.15. The molecule has 0 fully saturated rings.